The van der Waals surface area contributed by atoms with Gasteiger partial charge in [0.15, 0.2) is 0 Å². The molecule has 0 aliphatic carbocycles. The van der Waals surface area contributed by atoms with Crippen molar-refractivity contribution in [3.8, 4) is 17.0 Å². The van der Waals surface area contributed by atoms with Gasteiger partial charge in [-0.2, -0.15) is 0 Å². The van der Waals surface area contributed by atoms with Crippen LogP contribution in [0.4, 0.5) is 0 Å². The van der Waals surface area contributed by atoms with E-state index in [1.54, 1.807) is 7.11 Å². The second-order valence-electron chi connectivity index (χ2n) is 7.94. The van der Waals surface area contributed by atoms with Crippen molar-refractivity contribution in [1.82, 2.24) is 4.57 Å². The number of hydrogen-bond donors (Lipinski definition) is 1. The molecular formula is C27H29N2O2+. The first-order valence-corrected chi connectivity index (χ1v) is 10.8. The van der Waals surface area contributed by atoms with Crippen molar-refractivity contribution in [2.75, 3.05) is 20.7 Å². The largest absolute Gasteiger partial charge is 0.497 e. The Labute approximate surface area is 183 Å². The SMILES string of the molecule is CCn1c(-c2ccccc2)c(C(=O)C[NH+](C)Cc2cccc(OC)c2)c2ccccc21. The van der Waals surface area contributed by atoms with Crippen molar-refractivity contribution < 1.29 is 14.4 Å². The average molecular weight is 414 g/mol. The maximum atomic E-state index is 13.6. The van der Waals surface area contributed by atoms with Crippen LogP contribution in [-0.4, -0.2) is 31.1 Å². The number of aromatic nitrogens is 1. The molecule has 0 saturated carbocycles. The zero-order valence-corrected chi connectivity index (χ0v) is 18.4. The van der Waals surface area contributed by atoms with Crippen molar-refractivity contribution in [2.45, 2.75) is 20.0 Å². The van der Waals surface area contributed by atoms with Crippen LogP contribution in [0.1, 0.15) is 22.8 Å². The van der Waals surface area contributed by atoms with Crippen LogP contribution in [-0.2, 0) is 13.1 Å². The quantitative estimate of drug-likeness (QED) is 0.439. The number of rotatable bonds is 8. The third kappa shape index (κ3) is 4.25. The van der Waals surface area contributed by atoms with Crippen LogP contribution >= 0.6 is 0 Å². The van der Waals surface area contributed by atoms with Crippen LogP contribution in [0.2, 0.25) is 0 Å². The first-order valence-electron chi connectivity index (χ1n) is 10.8. The molecule has 0 aliphatic heterocycles. The van der Waals surface area contributed by atoms with E-state index in [1.807, 2.05) is 48.5 Å². The predicted molar refractivity (Wildman–Crippen MR) is 126 cm³/mol. The summed E-state index contributed by atoms with van der Waals surface area (Å²) in [6.07, 6.45) is 0. The van der Waals surface area contributed by atoms with Crippen LogP contribution in [0.5, 0.6) is 5.75 Å². The van der Waals surface area contributed by atoms with Gasteiger partial charge in [0.25, 0.3) is 0 Å². The topological polar surface area (TPSA) is 35.7 Å². The van der Waals surface area contributed by atoms with Crippen molar-refractivity contribution in [3.63, 3.8) is 0 Å². The number of nitrogens with one attached hydrogen (secondary N) is 1. The van der Waals surface area contributed by atoms with E-state index in [0.717, 1.165) is 57.0 Å². The Kier molecular flexibility index (Phi) is 6.19. The summed E-state index contributed by atoms with van der Waals surface area (Å²) in [5.41, 5.74) is 5.19. The first kappa shape index (κ1) is 20.9. The molecular weight excluding hydrogens is 384 g/mol. The molecule has 1 atom stereocenters. The van der Waals surface area contributed by atoms with Crippen molar-refractivity contribution >= 4 is 16.7 Å². The number of ether oxygens (including phenoxy) is 1. The molecule has 1 heterocycles. The van der Waals surface area contributed by atoms with Gasteiger partial charge < -0.3 is 14.2 Å². The van der Waals surface area contributed by atoms with E-state index in [9.17, 15) is 4.79 Å². The Morgan fingerprint density at radius 2 is 1.71 bits per heavy atom. The first-order chi connectivity index (χ1) is 15.1. The van der Waals surface area contributed by atoms with Crippen molar-refractivity contribution in [3.05, 3.63) is 90.0 Å². The predicted octanol–water partition coefficient (Wildman–Crippen LogP) is 4.23. The number of benzene rings is 3. The summed E-state index contributed by atoms with van der Waals surface area (Å²) in [4.78, 5) is 14.8. The molecule has 1 unspecified atom stereocenters. The summed E-state index contributed by atoms with van der Waals surface area (Å²) in [7, 11) is 3.74. The highest BCUT2D eigenvalue weighted by Gasteiger charge is 2.25. The van der Waals surface area contributed by atoms with E-state index in [-0.39, 0.29) is 5.78 Å². The normalized spacial score (nSPS) is 12.1. The number of methoxy groups -OCH3 is 1. The number of carbonyl (C=O) groups is 1. The van der Waals surface area contributed by atoms with E-state index in [2.05, 4.69) is 48.9 Å². The van der Waals surface area contributed by atoms with Crippen LogP contribution in [0, 0.1) is 0 Å². The molecule has 3 aromatic carbocycles. The fraction of sp³-hybridized carbons (Fsp3) is 0.222. The van der Waals surface area contributed by atoms with E-state index in [4.69, 9.17) is 4.74 Å². The number of Topliss-reactive ketones (excluding diaryl/α,β-unsaturated/α-hetero) is 1. The molecule has 0 spiro atoms. The zero-order chi connectivity index (χ0) is 21.8. The lowest BCUT2D eigenvalue weighted by atomic mass is 10.0. The number of carbonyl (C=O) groups excluding carboxylic acids is 1. The summed E-state index contributed by atoms with van der Waals surface area (Å²) in [6, 6.07) is 26.5. The molecule has 158 valence electrons. The summed E-state index contributed by atoms with van der Waals surface area (Å²) in [5, 5.41) is 1.03. The number of ketones is 1. The Morgan fingerprint density at radius 1 is 0.968 bits per heavy atom. The highest BCUT2D eigenvalue weighted by Crippen LogP contribution is 2.34. The van der Waals surface area contributed by atoms with Gasteiger partial charge in [-0.05, 0) is 30.7 Å². The molecule has 0 aliphatic rings. The van der Waals surface area contributed by atoms with Gasteiger partial charge >= 0.3 is 0 Å². The van der Waals surface area contributed by atoms with Gasteiger partial charge in [-0.1, -0.05) is 60.7 Å². The molecule has 1 aromatic heterocycles. The van der Waals surface area contributed by atoms with Crippen molar-refractivity contribution in [2.24, 2.45) is 0 Å². The van der Waals surface area contributed by atoms with Gasteiger partial charge in [0.2, 0.25) is 5.78 Å². The number of para-hydroxylation sites is 1. The summed E-state index contributed by atoms with van der Waals surface area (Å²) in [6.45, 7) is 4.13. The fourth-order valence-corrected chi connectivity index (χ4v) is 4.37. The third-order valence-corrected chi connectivity index (χ3v) is 5.72. The summed E-state index contributed by atoms with van der Waals surface area (Å²) in [5.74, 6) is 1.01. The maximum absolute atomic E-state index is 13.6. The van der Waals surface area contributed by atoms with Crippen LogP contribution in [0.3, 0.4) is 0 Å². The van der Waals surface area contributed by atoms with Crippen LogP contribution < -0.4 is 9.64 Å². The van der Waals surface area contributed by atoms with E-state index in [1.165, 1.54) is 0 Å². The average Bonchev–Trinajstić information content (AvgIpc) is 3.14. The Balaban J connectivity index is 1.70. The molecule has 1 N–H and O–H groups in total. The van der Waals surface area contributed by atoms with Crippen LogP contribution in [0.15, 0.2) is 78.9 Å². The second-order valence-corrected chi connectivity index (χ2v) is 7.94. The summed E-state index contributed by atoms with van der Waals surface area (Å²) < 4.78 is 7.60. The highest BCUT2D eigenvalue weighted by atomic mass is 16.5. The van der Waals surface area contributed by atoms with Crippen LogP contribution in [0.25, 0.3) is 22.2 Å². The van der Waals surface area contributed by atoms with E-state index in [0.29, 0.717) is 6.54 Å². The Morgan fingerprint density at radius 3 is 2.45 bits per heavy atom. The fourth-order valence-electron chi connectivity index (χ4n) is 4.37. The summed E-state index contributed by atoms with van der Waals surface area (Å²) >= 11 is 0. The van der Waals surface area contributed by atoms with Crippen molar-refractivity contribution in [1.29, 1.82) is 0 Å². The molecule has 0 saturated heterocycles. The lowest BCUT2D eigenvalue weighted by Gasteiger charge is -2.15. The molecule has 4 heteroatoms. The van der Waals surface area contributed by atoms with Gasteiger partial charge in [-0.25, -0.2) is 0 Å². The zero-order valence-electron chi connectivity index (χ0n) is 18.4. The second kappa shape index (κ2) is 9.19. The molecule has 0 radical (unpaired) electrons. The molecule has 0 bridgehead atoms. The smallest absolute Gasteiger partial charge is 0.219 e. The van der Waals surface area contributed by atoms with E-state index >= 15 is 0 Å². The maximum Gasteiger partial charge on any atom is 0.219 e. The minimum absolute atomic E-state index is 0.169. The minimum Gasteiger partial charge on any atom is -0.497 e. The Bertz CT molecular complexity index is 1190. The van der Waals surface area contributed by atoms with Gasteiger partial charge in [-0.15, -0.1) is 0 Å². The van der Waals surface area contributed by atoms with E-state index < -0.39 is 0 Å². The molecule has 4 rings (SSSR count). The number of fused-ring (bicyclic) bond motifs is 1. The van der Waals surface area contributed by atoms with Gasteiger partial charge in [0.1, 0.15) is 18.8 Å². The monoisotopic (exact) mass is 413 g/mol. The molecule has 0 fully saturated rings. The lowest BCUT2D eigenvalue weighted by Crippen LogP contribution is -3.08. The number of aryl methyl sites for hydroxylation is 1. The lowest BCUT2D eigenvalue weighted by molar-refractivity contribution is -0.884. The molecule has 0 amide bonds. The molecule has 4 aromatic rings. The van der Waals surface area contributed by atoms with Gasteiger partial charge in [0, 0.05) is 23.0 Å². The number of hydrogen-bond acceptors (Lipinski definition) is 2. The van der Waals surface area contributed by atoms with Gasteiger partial charge in [0.05, 0.1) is 25.4 Å². The number of quaternary nitrogens is 1. The minimum atomic E-state index is 0.169. The molecule has 31 heavy (non-hydrogen) atoms. The third-order valence-electron chi connectivity index (χ3n) is 5.72. The Hall–Kier alpha value is -3.37. The standard InChI is InChI=1S/C27H28N2O2/c1-4-29-24-16-9-8-15-23(24)26(27(29)21-12-6-5-7-13-21)25(30)19-28(2)18-20-11-10-14-22(17-20)31-3/h5-17H,4,18-19H2,1-3H3/p+1. The number of nitrogens with zero attached hydrogens (tertiary/aromatic N) is 1. The van der Waals surface area contributed by atoms with Gasteiger partial charge in [-0.3, -0.25) is 4.79 Å². The number of likely N-dealkylation sites (N-methyl/N-ethyl adjacent to an activating group) is 1. The molecule has 4 nitrogen and oxygen atoms in total. The highest BCUT2D eigenvalue weighted by molar-refractivity contribution is 6.14.